The van der Waals surface area contributed by atoms with Crippen molar-refractivity contribution >= 4 is 12.1 Å². The third-order valence-corrected chi connectivity index (χ3v) is 9.69. The number of halogens is 1. The first-order valence-electron chi connectivity index (χ1n) is 18.9. The topological polar surface area (TPSA) is 127 Å². The summed E-state index contributed by atoms with van der Waals surface area (Å²) in [5.41, 5.74) is -1.17. The molecule has 2 aromatic rings. The van der Waals surface area contributed by atoms with Crippen LogP contribution in [0.4, 0.5) is 14.0 Å². The molecule has 12 heteroatoms. The zero-order valence-corrected chi connectivity index (χ0v) is 32.7. The van der Waals surface area contributed by atoms with Gasteiger partial charge in [0.25, 0.3) is 0 Å². The van der Waals surface area contributed by atoms with Gasteiger partial charge in [0.05, 0.1) is 5.60 Å². The quantitative estimate of drug-likeness (QED) is 0.138. The zero-order valence-electron chi connectivity index (χ0n) is 32.7. The summed E-state index contributed by atoms with van der Waals surface area (Å²) < 4.78 is 25.2. The van der Waals surface area contributed by atoms with Crippen LogP contribution in [0, 0.1) is 11.7 Å². The van der Waals surface area contributed by atoms with Gasteiger partial charge in [-0.1, -0.05) is 24.3 Å². The normalized spacial score (nSPS) is 17.8. The first-order chi connectivity index (χ1) is 24.7. The predicted molar refractivity (Wildman–Crippen MR) is 205 cm³/mol. The highest BCUT2D eigenvalue weighted by molar-refractivity contribution is 5.75. The van der Waals surface area contributed by atoms with Gasteiger partial charge in [0.15, 0.2) is 0 Å². The summed E-state index contributed by atoms with van der Waals surface area (Å²) in [7, 11) is 5.42. The highest BCUT2D eigenvalue weighted by atomic mass is 19.1. The molecule has 0 aromatic heterocycles. The summed E-state index contributed by atoms with van der Waals surface area (Å²) in [6, 6.07) is 13.3. The van der Waals surface area contributed by atoms with Crippen LogP contribution in [0.5, 0.6) is 11.5 Å². The Morgan fingerprint density at radius 1 is 0.846 bits per heavy atom. The molecule has 0 bridgehead atoms. The van der Waals surface area contributed by atoms with Gasteiger partial charge < -0.3 is 45.6 Å². The number of hydrogen-bond donors (Lipinski definition) is 5. The first kappa shape index (κ1) is 43.0. The van der Waals surface area contributed by atoms with Gasteiger partial charge in [0, 0.05) is 81.6 Å². The summed E-state index contributed by atoms with van der Waals surface area (Å²) in [6.45, 7) is 12.9. The van der Waals surface area contributed by atoms with Crippen LogP contribution in [0.3, 0.4) is 0 Å². The van der Waals surface area contributed by atoms with Crippen LogP contribution in [-0.2, 0) is 10.3 Å². The fourth-order valence-corrected chi connectivity index (χ4v) is 7.13. The highest BCUT2D eigenvalue weighted by Crippen LogP contribution is 2.44. The number of likely N-dealkylation sites (N-methyl/N-ethyl adjacent to an activating group) is 2. The van der Waals surface area contributed by atoms with Gasteiger partial charge >= 0.3 is 12.1 Å². The fraction of sp³-hybridized carbons (Fsp3) is 0.650. The minimum absolute atomic E-state index is 0.0787. The number of unbranched alkanes of at least 4 members (excludes halogenated alkanes) is 1. The summed E-state index contributed by atoms with van der Waals surface area (Å²) in [5.74, 6) is 0.267. The number of nitrogens with one attached hydrogen (secondary N) is 4. The van der Waals surface area contributed by atoms with Gasteiger partial charge in [0.2, 0.25) is 0 Å². The van der Waals surface area contributed by atoms with E-state index in [-0.39, 0.29) is 29.3 Å². The van der Waals surface area contributed by atoms with E-state index in [0.717, 1.165) is 58.2 Å². The molecule has 4 amide bonds. The maximum Gasteiger partial charge on any atom is 0.317 e. The SMILES string of the molecule is CNCC(C)(C)NC(=O)N1CCCCC1.CNCC(C)(C)NC(=O)N1CCC[C@@H]([C@@](O)(CCCCOC)c2ccccc2Oc2cccc(F)c2)C1. The summed E-state index contributed by atoms with van der Waals surface area (Å²) >= 11 is 0. The van der Waals surface area contributed by atoms with Crippen LogP contribution in [-0.4, -0.2) is 105 Å². The third-order valence-electron chi connectivity index (χ3n) is 9.69. The lowest BCUT2D eigenvalue weighted by atomic mass is 9.73. The highest BCUT2D eigenvalue weighted by Gasteiger charge is 2.43. The van der Waals surface area contributed by atoms with E-state index in [1.54, 1.807) is 25.3 Å². The smallest absolute Gasteiger partial charge is 0.317 e. The van der Waals surface area contributed by atoms with Gasteiger partial charge in [-0.3, -0.25) is 0 Å². The molecule has 0 radical (unpaired) electrons. The zero-order chi connectivity index (χ0) is 38.2. The number of aliphatic hydroxyl groups is 1. The molecule has 0 unspecified atom stereocenters. The van der Waals surface area contributed by atoms with Crippen LogP contribution < -0.4 is 26.0 Å². The number of methoxy groups -OCH3 is 1. The van der Waals surface area contributed by atoms with Crippen molar-refractivity contribution in [3.05, 3.63) is 59.9 Å². The molecule has 2 heterocycles. The summed E-state index contributed by atoms with van der Waals surface area (Å²) in [6.07, 6.45) is 7.14. The Balaban J connectivity index is 0.000000406. The van der Waals surface area contributed by atoms with Crippen molar-refractivity contribution in [3.8, 4) is 11.5 Å². The van der Waals surface area contributed by atoms with Crippen molar-refractivity contribution < 1.29 is 28.6 Å². The Hall–Kier alpha value is -3.45. The molecular weight excluding hydrogens is 663 g/mol. The average molecular weight is 729 g/mol. The van der Waals surface area contributed by atoms with E-state index in [2.05, 4.69) is 21.3 Å². The van der Waals surface area contributed by atoms with Crippen LogP contribution in [0.25, 0.3) is 0 Å². The molecule has 2 saturated heterocycles. The second-order valence-electron chi connectivity index (χ2n) is 15.5. The molecule has 2 aliphatic rings. The van der Waals surface area contributed by atoms with Crippen molar-refractivity contribution in [1.82, 2.24) is 31.1 Å². The molecule has 292 valence electrons. The minimum atomic E-state index is -1.24. The number of urea groups is 2. The van der Waals surface area contributed by atoms with Crippen molar-refractivity contribution in [2.75, 3.05) is 67.1 Å². The molecule has 4 rings (SSSR count). The Kier molecular flexibility index (Phi) is 17.1. The largest absolute Gasteiger partial charge is 0.457 e. The molecule has 11 nitrogen and oxygen atoms in total. The molecule has 52 heavy (non-hydrogen) atoms. The summed E-state index contributed by atoms with van der Waals surface area (Å²) in [4.78, 5) is 28.8. The van der Waals surface area contributed by atoms with E-state index in [1.807, 2.05) is 69.8 Å². The third kappa shape index (κ3) is 13.5. The lowest BCUT2D eigenvalue weighted by Gasteiger charge is -2.44. The number of hydrogen-bond acceptors (Lipinski definition) is 7. The Bertz CT molecular complexity index is 1390. The van der Waals surface area contributed by atoms with Crippen LogP contribution in [0.15, 0.2) is 48.5 Å². The van der Waals surface area contributed by atoms with Gasteiger partial charge in [0.1, 0.15) is 17.3 Å². The Morgan fingerprint density at radius 2 is 1.46 bits per heavy atom. The lowest BCUT2D eigenvalue weighted by molar-refractivity contribution is -0.0576. The van der Waals surface area contributed by atoms with E-state index in [1.165, 1.54) is 18.6 Å². The number of carbonyl (C=O) groups excluding carboxylic acids is 2. The Labute approximate surface area is 311 Å². The number of para-hydroxylation sites is 1. The van der Waals surface area contributed by atoms with Crippen molar-refractivity contribution in [2.24, 2.45) is 5.92 Å². The number of nitrogens with zero attached hydrogens (tertiary/aromatic N) is 2. The lowest BCUT2D eigenvalue weighted by Crippen LogP contribution is -2.57. The molecule has 0 saturated carbocycles. The molecule has 2 fully saturated rings. The maximum absolute atomic E-state index is 13.8. The van der Waals surface area contributed by atoms with Crippen LogP contribution >= 0.6 is 0 Å². The van der Waals surface area contributed by atoms with Gasteiger partial charge in [-0.25, -0.2) is 14.0 Å². The molecule has 0 aliphatic carbocycles. The van der Waals surface area contributed by atoms with E-state index in [4.69, 9.17) is 9.47 Å². The van der Waals surface area contributed by atoms with Gasteiger partial charge in [-0.15, -0.1) is 0 Å². The summed E-state index contributed by atoms with van der Waals surface area (Å²) in [5, 5.41) is 24.7. The van der Waals surface area contributed by atoms with Gasteiger partial charge in [-0.05, 0) is 111 Å². The number of piperidine rings is 2. The van der Waals surface area contributed by atoms with E-state index in [0.29, 0.717) is 49.7 Å². The standard InChI is InChI=1S/C29H42FN3O4.C11H23N3O/c1-28(2,21-31-3)32-27(34)33-17-10-11-22(20-33)29(35,16-7-8-18-36-4)25-14-5-6-15-26(25)37-24-13-9-12-23(30)19-24;1-11(2,9-12-3)13-10(15)14-7-5-4-6-8-14/h5-6,9,12-15,19,22,31,35H,7-8,10-11,16-18,20-21H2,1-4H3,(H,32,34);12H,4-9H2,1-3H3,(H,13,15)/t22-,29+;/m1./s1. The number of carbonyl (C=O) groups is 2. The average Bonchev–Trinajstić information content (AvgIpc) is 3.10. The molecular formula is C40H65FN6O5. The molecule has 2 aliphatic heterocycles. The minimum Gasteiger partial charge on any atom is -0.457 e. The van der Waals surface area contributed by atoms with Gasteiger partial charge in [-0.2, -0.15) is 0 Å². The molecule has 5 N–H and O–H groups in total. The predicted octanol–water partition coefficient (Wildman–Crippen LogP) is 6.22. The molecule has 0 spiro atoms. The first-order valence-corrected chi connectivity index (χ1v) is 18.9. The van der Waals surface area contributed by atoms with E-state index < -0.39 is 11.1 Å². The number of likely N-dealkylation sites (tertiary alicyclic amines) is 2. The van der Waals surface area contributed by atoms with Crippen LogP contribution in [0.2, 0.25) is 0 Å². The fourth-order valence-electron chi connectivity index (χ4n) is 7.13. The number of ether oxygens (including phenoxy) is 2. The monoisotopic (exact) mass is 729 g/mol. The maximum atomic E-state index is 13.8. The van der Waals surface area contributed by atoms with Crippen molar-refractivity contribution in [3.63, 3.8) is 0 Å². The van der Waals surface area contributed by atoms with Crippen LogP contribution in [0.1, 0.15) is 84.6 Å². The molecule has 2 atom stereocenters. The van der Waals surface area contributed by atoms with E-state index >= 15 is 0 Å². The second kappa shape index (κ2) is 20.7. The Morgan fingerprint density at radius 3 is 2.08 bits per heavy atom. The van der Waals surface area contributed by atoms with Crippen molar-refractivity contribution in [2.45, 2.75) is 95.7 Å². The number of benzene rings is 2. The molecule has 2 aromatic carbocycles. The number of rotatable bonds is 15. The van der Waals surface area contributed by atoms with Crippen molar-refractivity contribution in [1.29, 1.82) is 0 Å². The van der Waals surface area contributed by atoms with E-state index in [9.17, 15) is 19.1 Å². The number of amides is 4. The second-order valence-corrected chi connectivity index (χ2v) is 15.5.